The first-order chi connectivity index (χ1) is 11.0. The van der Waals surface area contributed by atoms with Gasteiger partial charge in [0, 0.05) is 31.9 Å². The molecule has 0 saturated carbocycles. The van der Waals surface area contributed by atoms with Crippen LogP contribution < -0.4 is 16.0 Å². The van der Waals surface area contributed by atoms with E-state index in [1.807, 2.05) is 0 Å². The molecule has 0 saturated heterocycles. The van der Waals surface area contributed by atoms with Crippen LogP contribution in [0.3, 0.4) is 0 Å². The molecule has 8 heteroatoms. The number of nitrogens with zero attached hydrogens (tertiary/aromatic N) is 2. The Balaban J connectivity index is 2.52. The maximum atomic E-state index is 12.1. The maximum Gasteiger partial charge on any atom is 0.407 e. The van der Waals surface area contributed by atoms with Crippen LogP contribution in [0.5, 0.6) is 0 Å². The minimum absolute atomic E-state index is 0.207. The number of alkyl carbamates (subject to hydrolysis) is 1. The number of carbonyl (C=O) groups excluding carboxylic acids is 2. The molecular weight excluding hydrogens is 310 g/mol. The number of amides is 3. The Morgan fingerprint density at radius 2 is 2.00 bits per heavy atom. The Kier molecular flexibility index (Phi) is 7.06. The zero-order valence-electron chi connectivity index (χ0n) is 15.3. The quantitative estimate of drug-likeness (QED) is 0.741. The molecule has 0 aliphatic heterocycles. The van der Waals surface area contributed by atoms with Crippen molar-refractivity contribution in [2.45, 2.75) is 52.7 Å². The van der Waals surface area contributed by atoms with Crippen LogP contribution in [0.4, 0.5) is 15.4 Å². The Hall–Kier alpha value is -2.25. The van der Waals surface area contributed by atoms with Gasteiger partial charge < -0.3 is 15.4 Å². The minimum atomic E-state index is -0.554. The van der Waals surface area contributed by atoms with Gasteiger partial charge in [-0.3, -0.25) is 10.00 Å². The number of hydrogen-bond donors (Lipinski definition) is 3. The number of hydrogen-bond acceptors (Lipinski definition) is 4. The van der Waals surface area contributed by atoms with Gasteiger partial charge in [-0.2, -0.15) is 5.10 Å². The van der Waals surface area contributed by atoms with Gasteiger partial charge in [0.05, 0.1) is 0 Å². The lowest BCUT2D eigenvalue weighted by Gasteiger charge is -2.23. The largest absolute Gasteiger partial charge is 0.444 e. The van der Waals surface area contributed by atoms with E-state index in [0.29, 0.717) is 18.3 Å². The van der Waals surface area contributed by atoms with Crippen LogP contribution in [-0.4, -0.2) is 40.1 Å². The molecule has 8 nitrogen and oxygen atoms in total. The molecule has 0 spiro atoms. The first-order valence-corrected chi connectivity index (χ1v) is 8.09. The first-order valence-electron chi connectivity index (χ1n) is 8.09. The van der Waals surface area contributed by atoms with E-state index in [1.165, 1.54) is 0 Å². The average Bonchev–Trinajstić information content (AvgIpc) is 2.78. The van der Waals surface area contributed by atoms with Crippen LogP contribution in [-0.2, 0) is 11.8 Å². The predicted octanol–water partition coefficient (Wildman–Crippen LogP) is 2.48. The molecule has 3 N–H and O–H groups in total. The van der Waals surface area contributed by atoms with Crippen molar-refractivity contribution in [2.75, 3.05) is 11.9 Å². The highest BCUT2D eigenvalue weighted by atomic mass is 16.6. The number of rotatable bonds is 6. The molecule has 0 bridgehead atoms. The smallest absolute Gasteiger partial charge is 0.407 e. The van der Waals surface area contributed by atoms with Crippen LogP contribution in [0, 0.1) is 5.92 Å². The molecule has 1 aromatic heterocycles. The van der Waals surface area contributed by atoms with E-state index in [4.69, 9.17) is 4.74 Å². The third kappa shape index (κ3) is 8.40. The van der Waals surface area contributed by atoms with Gasteiger partial charge in [-0.05, 0) is 33.1 Å². The third-order valence-corrected chi connectivity index (χ3v) is 2.94. The second kappa shape index (κ2) is 8.56. The molecule has 136 valence electrons. The number of anilines is 1. The number of urea groups is 1. The standard InChI is InChI=1S/C16H29N5O3/c1-11(2)9-12(10-17-15(23)24-16(3,4)5)18-14(22)19-13-7-8-21(6)20-13/h7-8,11-12H,9-10H2,1-6H3,(H,17,23)(H2,18,19,20,22)/t12-/m1/s1. The summed E-state index contributed by atoms with van der Waals surface area (Å²) in [6.07, 6.45) is 1.97. The fourth-order valence-electron chi connectivity index (χ4n) is 2.10. The molecule has 0 fully saturated rings. The van der Waals surface area contributed by atoms with Crippen LogP contribution in [0.2, 0.25) is 0 Å². The summed E-state index contributed by atoms with van der Waals surface area (Å²) in [5, 5.41) is 12.3. The summed E-state index contributed by atoms with van der Waals surface area (Å²) < 4.78 is 6.81. The van der Waals surface area contributed by atoms with E-state index in [2.05, 4.69) is 34.9 Å². The van der Waals surface area contributed by atoms with Gasteiger partial charge in [0.2, 0.25) is 0 Å². The second-order valence-corrected chi connectivity index (χ2v) is 7.18. The van der Waals surface area contributed by atoms with E-state index in [1.54, 1.807) is 44.8 Å². The highest BCUT2D eigenvalue weighted by Crippen LogP contribution is 2.08. The lowest BCUT2D eigenvalue weighted by molar-refractivity contribution is 0.0521. The SMILES string of the molecule is CC(C)C[C@H](CNC(=O)OC(C)(C)C)NC(=O)Nc1ccn(C)n1. The van der Waals surface area contributed by atoms with Crippen molar-refractivity contribution < 1.29 is 14.3 Å². The van der Waals surface area contributed by atoms with Gasteiger partial charge in [-0.15, -0.1) is 0 Å². The van der Waals surface area contributed by atoms with Crippen molar-refractivity contribution in [1.29, 1.82) is 0 Å². The Morgan fingerprint density at radius 3 is 2.50 bits per heavy atom. The third-order valence-electron chi connectivity index (χ3n) is 2.94. The fraction of sp³-hybridized carbons (Fsp3) is 0.688. The summed E-state index contributed by atoms with van der Waals surface area (Å²) in [7, 11) is 1.77. The summed E-state index contributed by atoms with van der Waals surface area (Å²) in [6, 6.07) is 1.14. The molecule has 1 heterocycles. The summed E-state index contributed by atoms with van der Waals surface area (Å²) in [4.78, 5) is 23.8. The van der Waals surface area contributed by atoms with Gasteiger partial charge >= 0.3 is 12.1 Å². The van der Waals surface area contributed by atoms with Crippen molar-refractivity contribution in [3.8, 4) is 0 Å². The Morgan fingerprint density at radius 1 is 1.33 bits per heavy atom. The van der Waals surface area contributed by atoms with Gasteiger partial charge in [0.25, 0.3) is 0 Å². The normalized spacial score (nSPS) is 12.6. The van der Waals surface area contributed by atoms with Crippen molar-refractivity contribution in [2.24, 2.45) is 13.0 Å². The van der Waals surface area contributed by atoms with Crippen LogP contribution >= 0.6 is 0 Å². The monoisotopic (exact) mass is 339 g/mol. The number of aryl methyl sites for hydroxylation is 1. The molecule has 0 radical (unpaired) electrons. The summed E-state index contributed by atoms with van der Waals surface area (Å²) in [6.45, 7) is 9.81. The number of nitrogens with one attached hydrogen (secondary N) is 3. The second-order valence-electron chi connectivity index (χ2n) is 7.18. The Bertz CT molecular complexity index is 548. The van der Waals surface area contributed by atoms with E-state index in [-0.39, 0.29) is 12.1 Å². The molecule has 0 unspecified atom stereocenters. The lowest BCUT2D eigenvalue weighted by Crippen LogP contribution is -2.46. The summed E-state index contributed by atoms with van der Waals surface area (Å²) >= 11 is 0. The molecule has 3 amide bonds. The van der Waals surface area contributed by atoms with Gasteiger partial charge in [-0.1, -0.05) is 13.8 Å². The van der Waals surface area contributed by atoms with E-state index >= 15 is 0 Å². The van der Waals surface area contributed by atoms with Crippen molar-refractivity contribution >= 4 is 17.9 Å². The molecule has 0 aliphatic rings. The van der Waals surface area contributed by atoms with E-state index in [0.717, 1.165) is 6.42 Å². The van der Waals surface area contributed by atoms with Crippen LogP contribution in [0.1, 0.15) is 41.0 Å². The zero-order valence-corrected chi connectivity index (χ0v) is 15.3. The van der Waals surface area contributed by atoms with E-state index < -0.39 is 11.7 Å². The zero-order chi connectivity index (χ0) is 18.3. The van der Waals surface area contributed by atoms with Gasteiger partial charge in [-0.25, -0.2) is 9.59 Å². The molecule has 1 rings (SSSR count). The number of aromatic nitrogens is 2. The van der Waals surface area contributed by atoms with Crippen LogP contribution in [0.15, 0.2) is 12.3 Å². The van der Waals surface area contributed by atoms with Gasteiger partial charge in [0.1, 0.15) is 5.60 Å². The predicted molar refractivity (Wildman–Crippen MR) is 92.8 cm³/mol. The van der Waals surface area contributed by atoms with E-state index in [9.17, 15) is 9.59 Å². The minimum Gasteiger partial charge on any atom is -0.444 e. The first kappa shape index (κ1) is 19.8. The summed E-state index contributed by atoms with van der Waals surface area (Å²) in [5.41, 5.74) is -0.554. The van der Waals surface area contributed by atoms with Crippen molar-refractivity contribution in [3.63, 3.8) is 0 Å². The molecule has 24 heavy (non-hydrogen) atoms. The molecule has 1 atom stereocenters. The fourth-order valence-corrected chi connectivity index (χ4v) is 2.10. The number of carbonyl (C=O) groups is 2. The number of ether oxygens (including phenoxy) is 1. The maximum absolute atomic E-state index is 12.1. The molecule has 0 aromatic carbocycles. The molecule has 1 aromatic rings. The lowest BCUT2D eigenvalue weighted by atomic mass is 10.0. The topological polar surface area (TPSA) is 97.3 Å². The molecule has 0 aliphatic carbocycles. The van der Waals surface area contributed by atoms with Crippen molar-refractivity contribution in [1.82, 2.24) is 20.4 Å². The highest BCUT2D eigenvalue weighted by Gasteiger charge is 2.19. The average molecular weight is 339 g/mol. The summed E-state index contributed by atoms with van der Waals surface area (Å²) in [5.74, 6) is 0.837. The highest BCUT2D eigenvalue weighted by molar-refractivity contribution is 5.88. The Labute approximate surface area is 143 Å². The van der Waals surface area contributed by atoms with Crippen LogP contribution in [0.25, 0.3) is 0 Å². The molecular formula is C16H29N5O3. The van der Waals surface area contributed by atoms with Gasteiger partial charge in [0.15, 0.2) is 5.82 Å². The van der Waals surface area contributed by atoms with Crippen molar-refractivity contribution in [3.05, 3.63) is 12.3 Å².